The Morgan fingerprint density at radius 2 is 1.87 bits per heavy atom. The van der Waals surface area contributed by atoms with Gasteiger partial charge >= 0.3 is 6.61 Å². The second-order valence-corrected chi connectivity index (χ2v) is 4.03. The molecule has 1 aromatic carbocycles. The van der Waals surface area contributed by atoms with Crippen molar-refractivity contribution in [1.82, 2.24) is 0 Å². The van der Waals surface area contributed by atoms with Crippen LogP contribution in [0.4, 0.5) is 14.5 Å². The molecule has 0 radical (unpaired) electrons. The summed E-state index contributed by atoms with van der Waals surface area (Å²) < 4.78 is 28.7. The fourth-order valence-electron chi connectivity index (χ4n) is 0.866. The molecular weight excluding hydrogens is 340 g/mol. The first-order valence-electron chi connectivity index (χ1n) is 3.56. The van der Waals surface area contributed by atoms with Crippen LogP contribution in [0, 0.1) is 0 Å². The highest BCUT2D eigenvalue weighted by Crippen LogP contribution is 2.37. The van der Waals surface area contributed by atoms with E-state index in [0.717, 1.165) is 0 Å². The van der Waals surface area contributed by atoms with E-state index in [1.807, 2.05) is 0 Å². The van der Waals surface area contributed by atoms with Gasteiger partial charge < -0.3 is 4.74 Å². The van der Waals surface area contributed by atoms with Gasteiger partial charge in [-0.3, -0.25) is 0 Å². The second kappa shape index (κ2) is 5.34. The average Bonchev–Trinajstić information content (AvgIpc) is 2.10. The molecule has 1 rings (SSSR count). The molecule has 1 aromatic rings. The third kappa shape index (κ3) is 3.37. The first-order chi connectivity index (χ1) is 7.04. The number of rotatable bonds is 3. The van der Waals surface area contributed by atoms with E-state index < -0.39 is 6.61 Å². The molecule has 0 spiro atoms. The molecule has 0 aliphatic heterocycles. The number of isocyanates is 1. The third-order valence-corrected chi connectivity index (χ3v) is 2.58. The number of hydrogen-bond acceptors (Lipinski definition) is 3. The summed E-state index contributed by atoms with van der Waals surface area (Å²) in [6, 6.07) is 2.57. The van der Waals surface area contributed by atoms with Gasteiger partial charge in [0, 0.05) is 8.95 Å². The van der Waals surface area contributed by atoms with Crippen molar-refractivity contribution in [3.63, 3.8) is 0 Å². The molecule has 7 heteroatoms. The van der Waals surface area contributed by atoms with Crippen LogP contribution < -0.4 is 4.74 Å². The van der Waals surface area contributed by atoms with E-state index in [1.54, 1.807) is 0 Å². The summed E-state index contributed by atoms with van der Waals surface area (Å²) in [7, 11) is 0. The predicted molar refractivity (Wildman–Crippen MR) is 56.3 cm³/mol. The van der Waals surface area contributed by atoms with Crippen molar-refractivity contribution in [3.8, 4) is 5.75 Å². The van der Waals surface area contributed by atoms with Gasteiger partial charge in [-0.2, -0.15) is 13.8 Å². The fourth-order valence-corrected chi connectivity index (χ4v) is 2.19. The lowest BCUT2D eigenvalue weighted by atomic mass is 10.3. The van der Waals surface area contributed by atoms with Gasteiger partial charge in [0.05, 0.1) is 0 Å². The monoisotopic (exact) mass is 341 g/mol. The number of benzene rings is 1. The minimum atomic E-state index is -2.90. The van der Waals surface area contributed by atoms with E-state index in [-0.39, 0.29) is 11.4 Å². The van der Waals surface area contributed by atoms with E-state index in [9.17, 15) is 13.6 Å². The van der Waals surface area contributed by atoms with Crippen LogP contribution in [-0.4, -0.2) is 12.7 Å². The van der Waals surface area contributed by atoms with Gasteiger partial charge in [0.25, 0.3) is 0 Å². The molecule has 0 saturated heterocycles. The average molecular weight is 343 g/mol. The summed E-state index contributed by atoms with van der Waals surface area (Å²) in [6.07, 6.45) is 1.35. The van der Waals surface area contributed by atoms with E-state index in [4.69, 9.17) is 0 Å². The maximum absolute atomic E-state index is 11.9. The topological polar surface area (TPSA) is 38.7 Å². The van der Waals surface area contributed by atoms with Crippen LogP contribution in [-0.2, 0) is 4.79 Å². The van der Waals surface area contributed by atoms with Crippen molar-refractivity contribution in [2.75, 3.05) is 0 Å². The predicted octanol–water partition coefficient (Wildman–Crippen LogP) is 3.78. The molecular formula is C8H3Br2F2NO2. The van der Waals surface area contributed by atoms with E-state index >= 15 is 0 Å². The Hall–Kier alpha value is -0.780. The number of alkyl halides is 2. The summed E-state index contributed by atoms with van der Waals surface area (Å²) in [5, 5.41) is 0. The van der Waals surface area contributed by atoms with Crippen LogP contribution in [0.1, 0.15) is 0 Å². The zero-order valence-corrected chi connectivity index (χ0v) is 10.2. The number of halogens is 4. The van der Waals surface area contributed by atoms with Gasteiger partial charge in [-0.1, -0.05) is 0 Å². The first-order valence-corrected chi connectivity index (χ1v) is 5.15. The smallest absolute Gasteiger partial charge is 0.387 e. The van der Waals surface area contributed by atoms with Crippen molar-refractivity contribution in [3.05, 3.63) is 21.1 Å². The highest BCUT2D eigenvalue weighted by molar-refractivity contribution is 9.11. The van der Waals surface area contributed by atoms with Crippen LogP contribution in [0.2, 0.25) is 0 Å². The lowest BCUT2D eigenvalue weighted by Crippen LogP contribution is -2.01. The summed E-state index contributed by atoms with van der Waals surface area (Å²) in [4.78, 5) is 13.4. The summed E-state index contributed by atoms with van der Waals surface area (Å²) in [6.45, 7) is -2.90. The first kappa shape index (κ1) is 12.3. The highest BCUT2D eigenvalue weighted by atomic mass is 79.9. The molecule has 80 valence electrons. The normalized spacial score (nSPS) is 9.93. The Morgan fingerprint density at radius 3 is 2.27 bits per heavy atom. The minimum absolute atomic E-state index is 0.0337. The molecule has 0 heterocycles. The zero-order valence-electron chi connectivity index (χ0n) is 7.01. The minimum Gasteiger partial charge on any atom is -0.435 e. The van der Waals surface area contributed by atoms with Gasteiger partial charge in [0.15, 0.2) is 0 Å². The third-order valence-electron chi connectivity index (χ3n) is 1.37. The summed E-state index contributed by atoms with van der Waals surface area (Å²) in [5.74, 6) is -0.0337. The fraction of sp³-hybridized carbons (Fsp3) is 0.125. The van der Waals surface area contributed by atoms with Crippen molar-refractivity contribution in [2.24, 2.45) is 4.99 Å². The zero-order chi connectivity index (χ0) is 11.4. The molecule has 0 fully saturated rings. The van der Waals surface area contributed by atoms with E-state index in [0.29, 0.717) is 8.95 Å². The van der Waals surface area contributed by atoms with E-state index in [2.05, 4.69) is 41.6 Å². The molecule has 0 aromatic heterocycles. The quantitative estimate of drug-likeness (QED) is 0.619. The number of ether oxygens (including phenoxy) is 1. The largest absolute Gasteiger partial charge is 0.435 e. The SMILES string of the molecule is O=C=Nc1c(Br)cc(OC(F)F)cc1Br. The molecule has 3 nitrogen and oxygen atoms in total. The molecule has 15 heavy (non-hydrogen) atoms. The maximum atomic E-state index is 11.9. The standard InChI is InChI=1S/C8H3Br2F2NO2/c9-5-1-4(15-8(11)12)2-6(10)7(5)13-3-14/h1-2,8H. The number of nitrogens with zero attached hydrogens (tertiary/aromatic N) is 1. The maximum Gasteiger partial charge on any atom is 0.387 e. The van der Waals surface area contributed by atoms with E-state index in [1.165, 1.54) is 18.2 Å². The highest BCUT2D eigenvalue weighted by Gasteiger charge is 2.10. The lowest BCUT2D eigenvalue weighted by Gasteiger charge is -2.07. The van der Waals surface area contributed by atoms with Crippen molar-refractivity contribution in [2.45, 2.75) is 6.61 Å². The number of aliphatic imine (C=N–C) groups is 1. The van der Waals surface area contributed by atoms with Crippen molar-refractivity contribution < 1.29 is 18.3 Å². The summed E-state index contributed by atoms with van der Waals surface area (Å²) >= 11 is 6.12. The van der Waals surface area contributed by atoms with Gasteiger partial charge in [-0.05, 0) is 44.0 Å². The van der Waals surface area contributed by atoms with Crippen molar-refractivity contribution in [1.29, 1.82) is 0 Å². The lowest BCUT2D eigenvalue weighted by molar-refractivity contribution is -0.0499. The van der Waals surface area contributed by atoms with Crippen molar-refractivity contribution >= 4 is 43.6 Å². The Balaban J connectivity index is 3.13. The van der Waals surface area contributed by atoms with Crippen LogP contribution in [0.5, 0.6) is 5.75 Å². The molecule has 0 N–H and O–H groups in total. The van der Waals surface area contributed by atoms with Gasteiger partial charge in [-0.25, -0.2) is 4.79 Å². The Kier molecular flexibility index (Phi) is 4.38. The number of hydrogen-bond donors (Lipinski definition) is 0. The number of carbonyl (C=O) groups excluding carboxylic acids is 1. The van der Waals surface area contributed by atoms with Crippen LogP contribution in [0.25, 0.3) is 0 Å². The van der Waals surface area contributed by atoms with Crippen LogP contribution in [0.15, 0.2) is 26.1 Å². The van der Waals surface area contributed by atoms with Gasteiger partial charge in [-0.15, -0.1) is 0 Å². The van der Waals surface area contributed by atoms with Gasteiger partial charge in [0.2, 0.25) is 6.08 Å². The van der Waals surface area contributed by atoms with Crippen LogP contribution >= 0.6 is 31.9 Å². The summed E-state index contributed by atoms with van der Waals surface area (Å²) in [5.41, 5.74) is 0.270. The molecule has 0 saturated carbocycles. The van der Waals surface area contributed by atoms with Crippen LogP contribution in [0.3, 0.4) is 0 Å². The Labute approximate surface area is 100 Å². The molecule has 0 aliphatic carbocycles. The Morgan fingerprint density at radius 1 is 1.33 bits per heavy atom. The second-order valence-electron chi connectivity index (χ2n) is 2.32. The molecule has 0 amide bonds. The molecule has 0 bridgehead atoms. The molecule has 0 atom stereocenters. The Bertz CT molecular complexity index is 396. The molecule has 0 aliphatic rings. The van der Waals surface area contributed by atoms with Gasteiger partial charge in [0.1, 0.15) is 11.4 Å². The molecule has 0 unspecified atom stereocenters.